The Hall–Kier alpha value is -3.00. The van der Waals surface area contributed by atoms with Crippen molar-refractivity contribution in [1.82, 2.24) is 19.8 Å². The zero-order valence-corrected chi connectivity index (χ0v) is 22.7. The van der Waals surface area contributed by atoms with Crippen LogP contribution in [0.4, 0.5) is 4.79 Å². The van der Waals surface area contributed by atoms with Crippen molar-refractivity contribution in [3.8, 4) is 0 Å². The Balaban J connectivity index is 1.69. The number of rotatable bonds is 5. The molecule has 1 saturated heterocycles. The van der Waals surface area contributed by atoms with E-state index in [1.54, 1.807) is 23.4 Å². The van der Waals surface area contributed by atoms with Gasteiger partial charge in [-0.1, -0.05) is 44.6 Å². The molecule has 2 aliphatic rings. The second-order valence-corrected chi connectivity index (χ2v) is 10.2. The van der Waals surface area contributed by atoms with Crippen molar-refractivity contribution in [2.45, 2.75) is 71.0 Å². The Morgan fingerprint density at radius 2 is 1.86 bits per heavy atom. The van der Waals surface area contributed by atoms with Crippen LogP contribution in [0.15, 0.2) is 54.4 Å². The number of allylic oxidation sites excluding steroid dienone is 3. The first-order valence-corrected chi connectivity index (χ1v) is 13.5. The van der Waals surface area contributed by atoms with Gasteiger partial charge in [0.25, 0.3) is 0 Å². The van der Waals surface area contributed by atoms with Crippen LogP contribution >= 0.6 is 0 Å². The third-order valence-electron chi connectivity index (χ3n) is 6.95. The topological polar surface area (TPSA) is 84.9 Å². The lowest BCUT2D eigenvalue weighted by Gasteiger charge is -2.32. The molecule has 2 aliphatic heterocycles. The van der Waals surface area contributed by atoms with Crippen molar-refractivity contribution >= 4 is 12.1 Å². The quantitative estimate of drug-likeness (QED) is 0.316. The maximum atomic E-state index is 12.8. The largest absolute Gasteiger partial charge is 0.457 e. The van der Waals surface area contributed by atoms with Gasteiger partial charge in [-0.05, 0) is 50.9 Å². The summed E-state index contributed by atoms with van der Waals surface area (Å²) < 4.78 is 11.8. The predicted molar refractivity (Wildman–Crippen MR) is 144 cm³/mol. The number of cyclic esters (lactones) is 1. The molecule has 1 unspecified atom stereocenters. The van der Waals surface area contributed by atoms with Crippen LogP contribution in [0.2, 0.25) is 0 Å². The molecule has 0 bridgehead atoms. The fourth-order valence-electron chi connectivity index (χ4n) is 4.50. The maximum absolute atomic E-state index is 12.8. The minimum Gasteiger partial charge on any atom is -0.457 e. The lowest BCUT2D eigenvalue weighted by Crippen LogP contribution is -2.47. The third kappa shape index (κ3) is 9.43. The summed E-state index contributed by atoms with van der Waals surface area (Å²) in [4.78, 5) is 37.9. The van der Waals surface area contributed by atoms with Crippen LogP contribution in [-0.2, 0) is 14.3 Å². The van der Waals surface area contributed by atoms with Gasteiger partial charge in [-0.15, -0.1) is 0 Å². The Morgan fingerprint density at radius 3 is 2.59 bits per heavy atom. The van der Waals surface area contributed by atoms with Crippen molar-refractivity contribution in [2.75, 3.05) is 33.2 Å². The summed E-state index contributed by atoms with van der Waals surface area (Å²) in [5.41, 5.74) is 0.950. The van der Waals surface area contributed by atoms with Gasteiger partial charge in [0.05, 0.1) is 0 Å². The average Bonchev–Trinajstić information content (AvgIpc) is 2.89. The van der Waals surface area contributed by atoms with Gasteiger partial charge in [0.15, 0.2) is 0 Å². The minimum atomic E-state index is -0.398. The number of carbonyl (C=O) groups excluding carboxylic acids is 2. The average molecular weight is 511 g/mol. The standard InChI is InChI=1S/C29H42N4O4/c1-22(10-8-11-24(3)28-30-16-9-17-31-28)27-23(2)14-15-25(12-6-5-7-13-26(34)37-27)36-29(35)33-20-18-32(4)19-21-33/h8-11,14-17,23-25,27H,5-7,12-13,18-21H2,1-4H3/b11-8+,15-14+,22-10+/t23-,24?,25-,27+/m0/s1. The van der Waals surface area contributed by atoms with Crippen LogP contribution in [0.5, 0.6) is 0 Å². The third-order valence-corrected chi connectivity index (χ3v) is 6.95. The van der Waals surface area contributed by atoms with E-state index in [-0.39, 0.29) is 30.0 Å². The van der Waals surface area contributed by atoms with Crippen LogP contribution in [-0.4, -0.2) is 77.3 Å². The summed E-state index contributed by atoms with van der Waals surface area (Å²) in [6.45, 7) is 9.14. The maximum Gasteiger partial charge on any atom is 0.410 e. The molecule has 0 radical (unpaired) electrons. The number of likely N-dealkylation sites (N-methyl/N-ethyl adjacent to an activating group) is 1. The summed E-state index contributed by atoms with van der Waals surface area (Å²) in [6.07, 6.45) is 16.2. The van der Waals surface area contributed by atoms with Crippen molar-refractivity contribution in [3.05, 3.63) is 60.2 Å². The lowest BCUT2D eigenvalue weighted by molar-refractivity contribution is -0.148. The zero-order chi connectivity index (χ0) is 26.6. The van der Waals surface area contributed by atoms with E-state index in [1.807, 2.05) is 51.2 Å². The van der Waals surface area contributed by atoms with Gasteiger partial charge in [0.1, 0.15) is 18.0 Å². The molecule has 8 heteroatoms. The molecule has 0 aromatic carbocycles. The van der Waals surface area contributed by atoms with E-state index in [4.69, 9.17) is 9.47 Å². The molecule has 0 N–H and O–H groups in total. The molecule has 8 nitrogen and oxygen atoms in total. The van der Waals surface area contributed by atoms with Gasteiger partial charge >= 0.3 is 12.1 Å². The number of hydrogen-bond acceptors (Lipinski definition) is 7. The van der Waals surface area contributed by atoms with Gasteiger partial charge in [0.2, 0.25) is 0 Å². The van der Waals surface area contributed by atoms with Crippen LogP contribution in [0.25, 0.3) is 0 Å². The molecule has 3 heterocycles. The molecule has 1 aromatic heterocycles. The molecular formula is C29H42N4O4. The highest BCUT2D eigenvalue weighted by molar-refractivity contribution is 5.70. The zero-order valence-electron chi connectivity index (χ0n) is 22.7. The summed E-state index contributed by atoms with van der Waals surface area (Å²) in [5.74, 6) is 0.576. The molecule has 37 heavy (non-hydrogen) atoms. The molecule has 4 atom stereocenters. The van der Waals surface area contributed by atoms with E-state index in [0.717, 1.165) is 50.2 Å². The van der Waals surface area contributed by atoms with Crippen molar-refractivity contribution in [3.63, 3.8) is 0 Å². The van der Waals surface area contributed by atoms with Crippen molar-refractivity contribution in [1.29, 1.82) is 0 Å². The fourth-order valence-corrected chi connectivity index (χ4v) is 4.50. The van der Waals surface area contributed by atoms with Crippen LogP contribution < -0.4 is 0 Å². The number of hydrogen-bond donors (Lipinski definition) is 0. The van der Waals surface area contributed by atoms with Gasteiger partial charge < -0.3 is 19.3 Å². The minimum absolute atomic E-state index is 0.0668. The van der Waals surface area contributed by atoms with Gasteiger partial charge in [0, 0.05) is 56.8 Å². The molecule has 1 fully saturated rings. The summed E-state index contributed by atoms with van der Waals surface area (Å²) in [6, 6.07) is 1.80. The normalized spacial score (nSPS) is 26.6. The summed E-state index contributed by atoms with van der Waals surface area (Å²) >= 11 is 0. The summed E-state index contributed by atoms with van der Waals surface area (Å²) in [5, 5.41) is 0. The van der Waals surface area contributed by atoms with E-state index in [9.17, 15) is 9.59 Å². The monoisotopic (exact) mass is 510 g/mol. The Bertz CT molecular complexity index is 954. The number of esters is 1. The van der Waals surface area contributed by atoms with Crippen molar-refractivity contribution < 1.29 is 19.1 Å². The molecule has 0 saturated carbocycles. The first-order chi connectivity index (χ1) is 17.8. The highest BCUT2D eigenvalue weighted by Gasteiger charge is 2.25. The highest BCUT2D eigenvalue weighted by Crippen LogP contribution is 2.23. The van der Waals surface area contributed by atoms with Crippen LogP contribution in [0, 0.1) is 5.92 Å². The van der Waals surface area contributed by atoms with E-state index in [2.05, 4.69) is 21.9 Å². The molecule has 3 rings (SSSR count). The Labute approximate surface area is 221 Å². The predicted octanol–water partition coefficient (Wildman–Crippen LogP) is 4.90. The number of aromatic nitrogens is 2. The second kappa shape index (κ2) is 14.7. The van der Waals surface area contributed by atoms with E-state index in [1.165, 1.54) is 0 Å². The number of ether oxygens (including phenoxy) is 2. The van der Waals surface area contributed by atoms with Gasteiger partial charge in [-0.25, -0.2) is 14.8 Å². The van der Waals surface area contributed by atoms with Gasteiger partial charge in [-0.3, -0.25) is 4.79 Å². The number of carbonyl (C=O) groups is 2. The Morgan fingerprint density at radius 1 is 1.14 bits per heavy atom. The first-order valence-electron chi connectivity index (χ1n) is 13.5. The van der Waals surface area contributed by atoms with Crippen molar-refractivity contribution in [2.24, 2.45) is 5.92 Å². The number of nitrogens with zero attached hydrogens (tertiary/aromatic N) is 4. The molecule has 0 aliphatic carbocycles. The summed E-state index contributed by atoms with van der Waals surface area (Å²) in [7, 11) is 2.06. The lowest BCUT2D eigenvalue weighted by atomic mass is 9.95. The SMILES string of the molecule is C/C(=C\C=C\C(C)c1ncccn1)[C@H]1OC(=O)CCCCC[C@H](OC(=O)N2CCN(C)CC2)/C=C/[C@@H]1C. The van der Waals surface area contributed by atoms with E-state index < -0.39 is 6.10 Å². The van der Waals surface area contributed by atoms with Crippen LogP contribution in [0.1, 0.15) is 64.6 Å². The molecule has 202 valence electrons. The molecule has 0 spiro atoms. The van der Waals surface area contributed by atoms with Gasteiger partial charge in [-0.2, -0.15) is 0 Å². The van der Waals surface area contributed by atoms with Crippen LogP contribution in [0.3, 0.4) is 0 Å². The number of piperazine rings is 1. The second-order valence-electron chi connectivity index (χ2n) is 10.2. The smallest absolute Gasteiger partial charge is 0.410 e. The number of amides is 1. The van der Waals surface area contributed by atoms with E-state index in [0.29, 0.717) is 19.5 Å². The molecule has 1 amide bonds. The fraction of sp³-hybridized carbons (Fsp3) is 0.586. The molecular weight excluding hydrogens is 468 g/mol. The molecule has 1 aromatic rings. The highest BCUT2D eigenvalue weighted by atomic mass is 16.6. The van der Waals surface area contributed by atoms with E-state index >= 15 is 0 Å². The first kappa shape index (κ1) is 28.6. The Kier molecular flexibility index (Phi) is 11.3.